The number of rotatable bonds is 18. The summed E-state index contributed by atoms with van der Waals surface area (Å²) in [7, 11) is 0. The fourth-order valence-electron chi connectivity index (χ4n) is 5.40. The van der Waals surface area contributed by atoms with Crippen LogP contribution in [0, 0.1) is 0 Å². The number of benzene rings is 2. The van der Waals surface area contributed by atoms with Crippen molar-refractivity contribution in [3.63, 3.8) is 0 Å². The summed E-state index contributed by atoms with van der Waals surface area (Å²) in [5, 5.41) is 35.8. The van der Waals surface area contributed by atoms with E-state index < -0.39 is 84.5 Å². The van der Waals surface area contributed by atoms with Crippen molar-refractivity contribution in [1.29, 1.82) is 0 Å². The van der Waals surface area contributed by atoms with Crippen molar-refractivity contribution < 1.29 is 48.9 Å². The highest BCUT2D eigenvalue weighted by Gasteiger charge is 2.39. The molecule has 3 rings (SSSR count). The van der Waals surface area contributed by atoms with Crippen LogP contribution >= 0.6 is 0 Å². The lowest BCUT2D eigenvalue weighted by Crippen LogP contribution is -2.58. The summed E-state index contributed by atoms with van der Waals surface area (Å²) in [6.45, 7) is 0.164. The lowest BCUT2D eigenvalue weighted by atomic mass is 10.0. The number of hydrogen-bond acceptors (Lipinski definition) is 9. The molecule has 1 aliphatic rings. The van der Waals surface area contributed by atoms with Gasteiger partial charge in [0.05, 0.1) is 6.04 Å². The van der Waals surface area contributed by atoms with E-state index >= 15 is 0 Å². The molecule has 2 aromatic carbocycles. The number of nitrogens with two attached hydrogens (primary N) is 2. The van der Waals surface area contributed by atoms with Gasteiger partial charge in [0, 0.05) is 32.2 Å². The van der Waals surface area contributed by atoms with Gasteiger partial charge in [-0.05, 0) is 48.9 Å². The number of amides is 5. The summed E-state index contributed by atoms with van der Waals surface area (Å²) in [5.74, 6) is -6.25. The topological polar surface area (TPSA) is 272 Å². The van der Waals surface area contributed by atoms with Crippen molar-refractivity contribution in [2.24, 2.45) is 11.5 Å². The van der Waals surface area contributed by atoms with Crippen LogP contribution in [0.4, 0.5) is 0 Å². The molecule has 0 saturated carbocycles. The molecule has 0 aliphatic carbocycles. The molecule has 0 aromatic heterocycles. The van der Waals surface area contributed by atoms with E-state index in [1.54, 1.807) is 30.3 Å². The first-order chi connectivity index (χ1) is 23.2. The van der Waals surface area contributed by atoms with Gasteiger partial charge in [0.25, 0.3) is 0 Å². The quantitative estimate of drug-likeness (QED) is 0.0961. The number of carboxylic acid groups (broad SMARTS) is 2. The number of aromatic hydroxyl groups is 1. The maximum atomic E-state index is 14.0. The van der Waals surface area contributed by atoms with Crippen LogP contribution in [-0.2, 0) is 46.4 Å². The molecule has 16 heteroatoms. The van der Waals surface area contributed by atoms with Gasteiger partial charge in [0.2, 0.25) is 29.5 Å². The average molecular weight is 683 g/mol. The molecular formula is C33H42N6O10. The average Bonchev–Trinajstić information content (AvgIpc) is 3.56. The highest BCUT2D eigenvalue weighted by atomic mass is 16.4. The summed E-state index contributed by atoms with van der Waals surface area (Å²) in [5.41, 5.74) is 12.4. The number of likely N-dealkylation sites (tertiary alicyclic amines) is 1. The molecule has 5 amide bonds. The van der Waals surface area contributed by atoms with Gasteiger partial charge in [0.15, 0.2) is 0 Å². The van der Waals surface area contributed by atoms with Crippen LogP contribution in [0.3, 0.4) is 0 Å². The van der Waals surface area contributed by atoms with Crippen LogP contribution in [0.2, 0.25) is 0 Å². The molecule has 10 N–H and O–H groups in total. The molecule has 0 spiro atoms. The first-order valence-electron chi connectivity index (χ1n) is 15.8. The molecule has 0 bridgehead atoms. The molecule has 2 aromatic rings. The van der Waals surface area contributed by atoms with Crippen molar-refractivity contribution in [3.05, 3.63) is 65.7 Å². The zero-order valence-electron chi connectivity index (χ0n) is 26.7. The Hall–Kier alpha value is -5.51. The minimum Gasteiger partial charge on any atom is -0.508 e. The predicted molar refractivity (Wildman–Crippen MR) is 173 cm³/mol. The Morgan fingerprint density at radius 3 is 2.00 bits per heavy atom. The number of aliphatic carboxylic acids is 2. The number of carboxylic acids is 2. The first-order valence-corrected chi connectivity index (χ1v) is 15.8. The van der Waals surface area contributed by atoms with Crippen LogP contribution in [0.1, 0.15) is 49.7 Å². The number of phenols is 1. The highest BCUT2D eigenvalue weighted by Crippen LogP contribution is 2.21. The van der Waals surface area contributed by atoms with Gasteiger partial charge in [-0.15, -0.1) is 0 Å². The predicted octanol–water partition coefficient (Wildman–Crippen LogP) is -0.835. The highest BCUT2D eigenvalue weighted by molar-refractivity contribution is 5.96. The molecule has 0 unspecified atom stereocenters. The Kier molecular flexibility index (Phi) is 14.1. The molecule has 1 saturated heterocycles. The first kappa shape index (κ1) is 37.9. The standard InChI is InChI=1S/C33H42N6O10/c34-22(12-14-27(35)41)29(44)38-25(18-19-5-2-1-3-6-19)32(47)39-16-4-7-26(39)31(46)37-24(17-20-8-10-21(40)11-9-20)30(45)36-23(33(48)49)13-15-28(42)43/h1-3,5-6,8-11,22-26,40H,4,7,12-18,34H2,(H2,35,41)(H,36,45)(H,37,46)(H,38,44)(H,42,43)(H,48,49)/t22-,23-,24-,25-,26-/m0/s1. The van der Waals surface area contributed by atoms with Gasteiger partial charge >= 0.3 is 11.9 Å². The Balaban J connectivity index is 1.83. The zero-order chi connectivity index (χ0) is 36.1. The number of nitrogens with zero attached hydrogens (tertiary/aromatic N) is 1. The van der Waals surface area contributed by atoms with E-state index in [-0.39, 0.29) is 44.4 Å². The van der Waals surface area contributed by atoms with Gasteiger partial charge in [-0.1, -0.05) is 42.5 Å². The van der Waals surface area contributed by atoms with E-state index in [9.17, 15) is 43.8 Å². The summed E-state index contributed by atoms with van der Waals surface area (Å²) in [6, 6.07) is 8.40. The Labute approximate surface area is 282 Å². The van der Waals surface area contributed by atoms with E-state index in [1.165, 1.54) is 29.2 Å². The second kappa shape index (κ2) is 18.1. The second-order valence-corrected chi connectivity index (χ2v) is 11.8. The second-order valence-electron chi connectivity index (χ2n) is 11.8. The third-order valence-electron chi connectivity index (χ3n) is 8.04. The molecule has 0 radical (unpaired) electrons. The van der Waals surface area contributed by atoms with E-state index in [2.05, 4.69) is 16.0 Å². The maximum Gasteiger partial charge on any atom is 0.326 e. The van der Waals surface area contributed by atoms with Crippen molar-refractivity contribution >= 4 is 41.5 Å². The third kappa shape index (κ3) is 11.9. The van der Waals surface area contributed by atoms with Crippen LogP contribution in [-0.4, -0.2) is 98.4 Å². The molecule has 49 heavy (non-hydrogen) atoms. The van der Waals surface area contributed by atoms with Gasteiger partial charge in [-0.3, -0.25) is 28.8 Å². The maximum absolute atomic E-state index is 14.0. The van der Waals surface area contributed by atoms with Crippen LogP contribution < -0.4 is 27.4 Å². The number of nitrogens with one attached hydrogen (secondary N) is 3. The van der Waals surface area contributed by atoms with Gasteiger partial charge in [-0.2, -0.15) is 0 Å². The summed E-state index contributed by atoms with van der Waals surface area (Å²) in [4.78, 5) is 89.4. The van der Waals surface area contributed by atoms with Crippen LogP contribution in [0.15, 0.2) is 54.6 Å². The third-order valence-corrected chi connectivity index (χ3v) is 8.04. The van der Waals surface area contributed by atoms with Gasteiger partial charge < -0.3 is 47.6 Å². The lowest BCUT2D eigenvalue weighted by molar-refractivity contribution is -0.144. The van der Waals surface area contributed by atoms with Crippen molar-refractivity contribution in [2.45, 2.75) is 81.6 Å². The zero-order valence-corrected chi connectivity index (χ0v) is 26.7. The molecular weight excluding hydrogens is 640 g/mol. The number of hydrogen-bond donors (Lipinski definition) is 8. The van der Waals surface area contributed by atoms with Crippen molar-refractivity contribution in [1.82, 2.24) is 20.9 Å². The molecule has 1 fully saturated rings. The van der Waals surface area contributed by atoms with E-state index in [0.29, 0.717) is 17.5 Å². The summed E-state index contributed by atoms with van der Waals surface area (Å²) in [6.07, 6.45) is -0.496. The largest absolute Gasteiger partial charge is 0.508 e. The van der Waals surface area contributed by atoms with E-state index in [4.69, 9.17) is 16.6 Å². The van der Waals surface area contributed by atoms with Gasteiger partial charge in [-0.25, -0.2) is 4.79 Å². The minimum atomic E-state index is -1.55. The number of phenolic OH excluding ortho intramolecular Hbond substituents is 1. The van der Waals surface area contributed by atoms with Gasteiger partial charge in [0.1, 0.15) is 29.9 Å². The molecule has 264 valence electrons. The Morgan fingerprint density at radius 1 is 0.776 bits per heavy atom. The van der Waals surface area contributed by atoms with Crippen LogP contribution in [0.5, 0.6) is 5.75 Å². The SMILES string of the molecule is NC(=O)CC[C@H](N)C(=O)N[C@@H](Cc1ccccc1)C(=O)N1CCC[C@H]1C(=O)N[C@@H](Cc1ccc(O)cc1)C(=O)N[C@@H](CCC(=O)O)C(=O)O. The number of primary amides is 1. The van der Waals surface area contributed by atoms with E-state index in [1.807, 2.05) is 0 Å². The van der Waals surface area contributed by atoms with Crippen molar-refractivity contribution in [3.8, 4) is 5.75 Å². The smallest absolute Gasteiger partial charge is 0.326 e. The minimum absolute atomic E-state index is 0.0360. The molecule has 1 aliphatic heterocycles. The normalized spacial score (nSPS) is 16.4. The van der Waals surface area contributed by atoms with Crippen LogP contribution in [0.25, 0.3) is 0 Å². The molecule has 16 nitrogen and oxygen atoms in total. The Morgan fingerprint density at radius 2 is 1.39 bits per heavy atom. The number of carbonyl (C=O) groups is 7. The molecule has 1 heterocycles. The van der Waals surface area contributed by atoms with Crippen molar-refractivity contribution in [2.75, 3.05) is 6.54 Å². The fraction of sp³-hybridized carbons (Fsp3) is 0.424. The summed E-state index contributed by atoms with van der Waals surface area (Å²) < 4.78 is 0. The molecule has 5 atom stereocenters. The Bertz CT molecular complexity index is 1500. The lowest BCUT2D eigenvalue weighted by Gasteiger charge is -2.30. The van der Waals surface area contributed by atoms with E-state index in [0.717, 1.165) is 0 Å². The fourth-order valence-corrected chi connectivity index (χ4v) is 5.40. The monoisotopic (exact) mass is 682 g/mol. The summed E-state index contributed by atoms with van der Waals surface area (Å²) >= 11 is 0. The number of carbonyl (C=O) groups excluding carboxylic acids is 5.